The van der Waals surface area contributed by atoms with E-state index in [4.69, 9.17) is 0 Å². The molecule has 0 aliphatic heterocycles. The second-order valence-electron chi connectivity index (χ2n) is 4.81. The molecule has 0 radical (unpaired) electrons. The fourth-order valence-corrected chi connectivity index (χ4v) is 2.84. The molecule has 0 amide bonds. The van der Waals surface area contributed by atoms with Crippen LogP contribution in [-0.4, -0.2) is 17.9 Å². The van der Waals surface area contributed by atoms with Crippen LogP contribution >= 0.6 is 0 Å². The number of rotatable bonds is 2. The molecule has 2 aliphatic rings. The number of allylic oxidation sites excluding steroid dienone is 2. The normalized spacial score (nSPS) is 34.4. The Kier molecular flexibility index (Phi) is 3.03. The number of hydrogen-bond acceptors (Lipinski definition) is 3. The van der Waals surface area contributed by atoms with Crippen molar-refractivity contribution in [3.63, 3.8) is 0 Å². The van der Waals surface area contributed by atoms with Gasteiger partial charge in [-0.2, -0.15) is 0 Å². The van der Waals surface area contributed by atoms with Crippen molar-refractivity contribution in [2.75, 3.05) is 0 Å². The molecule has 1 saturated carbocycles. The molecule has 0 bridgehead atoms. The summed E-state index contributed by atoms with van der Waals surface area (Å²) < 4.78 is 0. The molecule has 3 heteroatoms. The van der Waals surface area contributed by atoms with Crippen LogP contribution in [-0.2, 0) is 14.4 Å². The third kappa shape index (κ3) is 1.86. The fourth-order valence-electron chi connectivity index (χ4n) is 2.84. The Morgan fingerprint density at radius 2 is 2.19 bits per heavy atom. The zero-order valence-electron chi connectivity index (χ0n) is 9.28. The van der Waals surface area contributed by atoms with Gasteiger partial charge in [-0.15, -0.1) is 0 Å². The van der Waals surface area contributed by atoms with Gasteiger partial charge in [0.25, 0.3) is 0 Å². The first-order chi connectivity index (χ1) is 7.68. The highest BCUT2D eigenvalue weighted by molar-refractivity contribution is 5.97. The summed E-state index contributed by atoms with van der Waals surface area (Å²) in [5.74, 6) is 0.162. The third-order valence-corrected chi connectivity index (χ3v) is 3.82. The smallest absolute Gasteiger partial charge is 0.155 e. The molecule has 2 rings (SSSR count). The first-order valence-electron chi connectivity index (χ1n) is 5.88. The second-order valence-corrected chi connectivity index (χ2v) is 4.81. The van der Waals surface area contributed by atoms with Crippen LogP contribution in [0.3, 0.4) is 0 Å². The largest absolute Gasteiger partial charge is 0.303 e. The minimum atomic E-state index is -0.431. The topological polar surface area (TPSA) is 51.2 Å². The molecule has 1 fully saturated rings. The molecule has 0 aromatic carbocycles. The summed E-state index contributed by atoms with van der Waals surface area (Å²) in [6, 6.07) is 0. The molecule has 0 saturated heterocycles. The summed E-state index contributed by atoms with van der Waals surface area (Å²) in [7, 11) is 0. The van der Waals surface area contributed by atoms with Crippen molar-refractivity contribution in [3.05, 3.63) is 12.2 Å². The van der Waals surface area contributed by atoms with E-state index in [0.29, 0.717) is 19.3 Å². The summed E-state index contributed by atoms with van der Waals surface area (Å²) >= 11 is 0. The SMILES string of the molecule is O=CC[C@@H]1CCC[C@]2(C=CC(=O)CC2)C1=O. The summed E-state index contributed by atoms with van der Waals surface area (Å²) in [5, 5.41) is 0. The van der Waals surface area contributed by atoms with Gasteiger partial charge in [0.05, 0.1) is 0 Å². The van der Waals surface area contributed by atoms with E-state index in [0.717, 1.165) is 25.5 Å². The maximum absolute atomic E-state index is 12.3. The molecule has 0 aromatic heterocycles. The Bertz CT molecular complexity index is 356. The van der Waals surface area contributed by atoms with E-state index >= 15 is 0 Å². The van der Waals surface area contributed by atoms with Crippen molar-refractivity contribution in [3.8, 4) is 0 Å². The van der Waals surface area contributed by atoms with Gasteiger partial charge >= 0.3 is 0 Å². The van der Waals surface area contributed by atoms with Crippen molar-refractivity contribution >= 4 is 17.9 Å². The Labute approximate surface area is 94.9 Å². The zero-order chi connectivity index (χ0) is 11.6. The van der Waals surface area contributed by atoms with Gasteiger partial charge in [-0.25, -0.2) is 0 Å². The lowest BCUT2D eigenvalue weighted by atomic mass is 9.64. The molecular weight excluding hydrogens is 204 g/mol. The lowest BCUT2D eigenvalue weighted by molar-refractivity contribution is -0.136. The Balaban J connectivity index is 2.20. The minimum Gasteiger partial charge on any atom is -0.303 e. The van der Waals surface area contributed by atoms with E-state index in [-0.39, 0.29) is 17.5 Å². The fraction of sp³-hybridized carbons (Fsp3) is 0.615. The number of Topliss-reactive ketones (excluding diaryl/α,β-unsaturated/α-hetero) is 1. The molecule has 2 aliphatic carbocycles. The van der Waals surface area contributed by atoms with Crippen molar-refractivity contribution in [1.29, 1.82) is 0 Å². The van der Waals surface area contributed by atoms with E-state index in [9.17, 15) is 14.4 Å². The Morgan fingerprint density at radius 3 is 2.81 bits per heavy atom. The van der Waals surface area contributed by atoms with Crippen LogP contribution in [0.1, 0.15) is 38.5 Å². The van der Waals surface area contributed by atoms with Gasteiger partial charge < -0.3 is 4.79 Å². The summed E-state index contributed by atoms with van der Waals surface area (Å²) in [5.41, 5.74) is -0.431. The first kappa shape index (κ1) is 11.2. The summed E-state index contributed by atoms with van der Waals surface area (Å²) in [6.07, 6.45) is 8.24. The molecule has 0 unspecified atom stereocenters. The van der Waals surface area contributed by atoms with E-state index in [2.05, 4.69) is 0 Å². The lowest BCUT2D eigenvalue weighted by Gasteiger charge is -2.38. The predicted octanol–water partition coefficient (Wildman–Crippen LogP) is 1.85. The van der Waals surface area contributed by atoms with Gasteiger partial charge in [-0.05, 0) is 25.3 Å². The first-order valence-corrected chi connectivity index (χ1v) is 5.88. The second kappa shape index (κ2) is 4.32. The predicted molar refractivity (Wildman–Crippen MR) is 58.8 cm³/mol. The molecule has 0 aromatic rings. The van der Waals surface area contributed by atoms with Gasteiger partial charge in [0.1, 0.15) is 12.1 Å². The average Bonchev–Trinajstić information content (AvgIpc) is 2.29. The van der Waals surface area contributed by atoms with Crippen molar-refractivity contribution in [2.45, 2.75) is 38.5 Å². The van der Waals surface area contributed by atoms with Crippen molar-refractivity contribution in [1.82, 2.24) is 0 Å². The quantitative estimate of drug-likeness (QED) is 0.667. The molecular formula is C13H16O3. The average molecular weight is 220 g/mol. The van der Waals surface area contributed by atoms with E-state index in [1.165, 1.54) is 0 Å². The standard InChI is InChI=1S/C13H16O3/c14-9-5-10-2-1-6-13(12(10)16)7-3-11(15)4-8-13/h3,7,9-10H,1-2,4-6,8H2/t10-,13+/m0/s1. The van der Waals surface area contributed by atoms with Crippen LogP contribution in [0.25, 0.3) is 0 Å². The van der Waals surface area contributed by atoms with Gasteiger partial charge in [-0.1, -0.05) is 12.5 Å². The van der Waals surface area contributed by atoms with Crippen LogP contribution in [0.4, 0.5) is 0 Å². The van der Waals surface area contributed by atoms with E-state index in [1.54, 1.807) is 12.2 Å². The van der Waals surface area contributed by atoms with Crippen LogP contribution < -0.4 is 0 Å². The highest BCUT2D eigenvalue weighted by atomic mass is 16.1. The monoisotopic (exact) mass is 220 g/mol. The number of ketones is 2. The Hall–Kier alpha value is -1.25. The lowest BCUT2D eigenvalue weighted by Crippen LogP contribution is -2.40. The molecule has 3 nitrogen and oxygen atoms in total. The zero-order valence-corrected chi connectivity index (χ0v) is 9.28. The molecule has 0 N–H and O–H groups in total. The van der Waals surface area contributed by atoms with Crippen molar-refractivity contribution in [2.24, 2.45) is 11.3 Å². The van der Waals surface area contributed by atoms with Crippen LogP contribution in [0.15, 0.2) is 12.2 Å². The van der Waals surface area contributed by atoms with E-state index in [1.807, 2.05) is 0 Å². The van der Waals surface area contributed by atoms with Crippen LogP contribution in [0, 0.1) is 11.3 Å². The highest BCUT2D eigenvalue weighted by Crippen LogP contribution is 2.43. The molecule has 16 heavy (non-hydrogen) atoms. The Morgan fingerprint density at radius 1 is 1.38 bits per heavy atom. The van der Waals surface area contributed by atoms with Crippen LogP contribution in [0.2, 0.25) is 0 Å². The number of aldehydes is 1. The van der Waals surface area contributed by atoms with Gasteiger partial charge in [0, 0.05) is 24.2 Å². The molecule has 2 atom stereocenters. The van der Waals surface area contributed by atoms with Crippen LogP contribution in [0.5, 0.6) is 0 Å². The maximum atomic E-state index is 12.3. The highest BCUT2D eigenvalue weighted by Gasteiger charge is 2.43. The van der Waals surface area contributed by atoms with Crippen molar-refractivity contribution < 1.29 is 14.4 Å². The summed E-state index contributed by atoms with van der Waals surface area (Å²) in [4.78, 5) is 33.9. The molecule has 86 valence electrons. The summed E-state index contributed by atoms with van der Waals surface area (Å²) in [6.45, 7) is 0. The van der Waals surface area contributed by atoms with E-state index < -0.39 is 5.41 Å². The maximum Gasteiger partial charge on any atom is 0.155 e. The van der Waals surface area contributed by atoms with Gasteiger partial charge in [-0.3, -0.25) is 9.59 Å². The number of carbonyl (C=O) groups excluding carboxylic acids is 3. The van der Waals surface area contributed by atoms with Gasteiger partial charge in [0.2, 0.25) is 0 Å². The number of carbonyl (C=O) groups is 3. The van der Waals surface area contributed by atoms with Gasteiger partial charge in [0.15, 0.2) is 5.78 Å². The molecule has 1 spiro atoms. The minimum absolute atomic E-state index is 0.107. The third-order valence-electron chi connectivity index (χ3n) is 3.82. The molecule has 0 heterocycles. The number of hydrogen-bond donors (Lipinski definition) is 0.